The van der Waals surface area contributed by atoms with E-state index in [0.29, 0.717) is 0 Å². The minimum Gasteiger partial charge on any atom is -0.488 e. The Labute approximate surface area is 118 Å². The maximum atomic E-state index is 5.76. The Morgan fingerprint density at radius 1 is 1.00 bits per heavy atom. The molecule has 0 radical (unpaired) electrons. The molecule has 0 aromatic heterocycles. The molecule has 0 fully saturated rings. The number of hydrogen-bond acceptors (Lipinski definition) is 1. The Morgan fingerprint density at radius 3 is 2.00 bits per heavy atom. The number of rotatable bonds is 5. The summed E-state index contributed by atoms with van der Waals surface area (Å²) in [5.41, 5.74) is 1.23. The number of benzene rings is 1. The van der Waals surface area contributed by atoms with Gasteiger partial charge >= 0.3 is 0 Å². The maximum absolute atomic E-state index is 5.76. The monoisotopic (exact) mass is 270 g/mol. The van der Waals surface area contributed by atoms with E-state index in [9.17, 15) is 0 Å². The molecule has 2 heteroatoms. The van der Waals surface area contributed by atoms with Gasteiger partial charge in [0.2, 0.25) is 0 Å². The van der Waals surface area contributed by atoms with Crippen molar-refractivity contribution in [3.8, 4) is 5.75 Å². The highest BCUT2D eigenvalue weighted by Gasteiger charge is 2.11. The number of halogens is 1. The molecule has 0 spiro atoms. The van der Waals surface area contributed by atoms with Gasteiger partial charge in [0.05, 0.1) is 0 Å². The molecule has 1 aromatic carbocycles. The Hall–Kier alpha value is -0.690. The second-order valence-corrected chi connectivity index (χ2v) is 5.38. The van der Waals surface area contributed by atoms with E-state index < -0.39 is 0 Å². The summed E-state index contributed by atoms with van der Waals surface area (Å²) >= 11 is 5.65. The van der Waals surface area contributed by atoms with Crippen molar-refractivity contribution >= 4 is 11.6 Å². The molecule has 0 heterocycles. The Balaban J connectivity index is 0.00000137. The first kappa shape index (κ1) is 17.3. The van der Waals surface area contributed by atoms with Crippen molar-refractivity contribution in [3.63, 3.8) is 0 Å². The lowest BCUT2D eigenvalue weighted by atomic mass is 10.1. The first-order chi connectivity index (χ1) is 8.51. The van der Waals surface area contributed by atoms with Gasteiger partial charge in [-0.15, -0.1) is 11.6 Å². The minimum atomic E-state index is -0.125. The molecule has 1 nitrogen and oxygen atoms in total. The van der Waals surface area contributed by atoms with Crippen molar-refractivity contribution < 1.29 is 4.74 Å². The van der Waals surface area contributed by atoms with Crippen LogP contribution in [-0.4, -0.2) is 11.5 Å². The lowest BCUT2D eigenvalue weighted by Gasteiger charge is -2.21. The molecule has 0 atom stereocenters. The molecule has 0 saturated carbocycles. The summed E-state index contributed by atoms with van der Waals surface area (Å²) in [6.07, 6.45) is 3.34. The number of alkyl halides is 1. The van der Waals surface area contributed by atoms with Crippen LogP contribution in [0.15, 0.2) is 24.3 Å². The molecule has 0 bridgehead atoms. The van der Waals surface area contributed by atoms with Gasteiger partial charge in [0.15, 0.2) is 0 Å². The van der Waals surface area contributed by atoms with E-state index in [2.05, 4.69) is 32.9 Å². The molecule has 0 N–H and O–H groups in total. The highest BCUT2D eigenvalue weighted by atomic mass is 35.5. The smallest absolute Gasteiger partial charge is 0.120 e. The third-order valence-corrected chi connectivity index (χ3v) is 2.46. The molecule has 1 rings (SSSR count). The van der Waals surface area contributed by atoms with Crippen molar-refractivity contribution in [2.24, 2.45) is 0 Å². The van der Waals surface area contributed by atoms with Crippen molar-refractivity contribution in [2.45, 2.75) is 59.5 Å². The zero-order valence-corrected chi connectivity index (χ0v) is 13.2. The summed E-state index contributed by atoms with van der Waals surface area (Å²) in [7, 11) is 0. The molecule has 0 amide bonds. The third-order valence-electron chi connectivity index (χ3n) is 2.20. The van der Waals surface area contributed by atoms with Crippen LogP contribution in [0, 0.1) is 0 Å². The first-order valence-electron chi connectivity index (χ1n) is 6.85. The molecule has 18 heavy (non-hydrogen) atoms. The van der Waals surface area contributed by atoms with E-state index in [1.165, 1.54) is 5.56 Å². The first-order valence-corrected chi connectivity index (χ1v) is 7.38. The summed E-state index contributed by atoms with van der Waals surface area (Å²) < 4.78 is 5.76. The van der Waals surface area contributed by atoms with Gasteiger partial charge in [0.1, 0.15) is 11.4 Å². The number of unbranched alkanes of at least 4 members (excludes halogenated alkanes) is 1. The molecule has 1 aromatic rings. The van der Waals surface area contributed by atoms with Crippen LogP contribution >= 0.6 is 11.6 Å². The minimum absolute atomic E-state index is 0.125. The van der Waals surface area contributed by atoms with E-state index in [4.69, 9.17) is 16.3 Å². The van der Waals surface area contributed by atoms with Crippen LogP contribution in [0.3, 0.4) is 0 Å². The Kier molecular flexibility index (Phi) is 8.91. The van der Waals surface area contributed by atoms with Crippen molar-refractivity contribution in [1.29, 1.82) is 0 Å². The highest BCUT2D eigenvalue weighted by Crippen LogP contribution is 2.19. The molecule has 0 saturated heterocycles. The average Bonchev–Trinajstić information content (AvgIpc) is 2.32. The topological polar surface area (TPSA) is 9.23 Å². The van der Waals surface area contributed by atoms with Gasteiger partial charge in [-0.3, -0.25) is 0 Å². The molecular weight excluding hydrogens is 244 g/mol. The van der Waals surface area contributed by atoms with E-state index in [-0.39, 0.29) is 5.60 Å². The van der Waals surface area contributed by atoms with Gasteiger partial charge in [-0.25, -0.2) is 0 Å². The summed E-state index contributed by atoms with van der Waals surface area (Å²) in [5, 5.41) is 0. The number of hydrogen-bond donors (Lipinski definition) is 0. The SMILES string of the molecule is CC.CC(C)(C)Oc1ccc(CCCCCl)cc1. The zero-order chi connectivity index (χ0) is 14.0. The summed E-state index contributed by atoms with van der Waals surface area (Å²) in [5.74, 6) is 1.69. The van der Waals surface area contributed by atoms with Gasteiger partial charge in [-0.2, -0.15) is 0 Å². The van der Waals surface area contributed by atoms with E-state index in [1.807, 2.05) is 26.0 Å². The fourth-order valence-electron chi connectivity index (χ4n) is 1.50. The van der Waals surface area contributed by atoms with Crippen LogP contribution in [-0.2, 0) is 6.42 Å². The van der Waals surface area contributed by atoms with Crippen LogP contribution in [0.2, 0.25) is 0 Å². The average molecular weight is 271 g/mol. The van der Waals surface area contributed by atoms with E-state index in [0.717, 1.165) is 30.9 Å². The second-order valence-electron chi connectivity index (χ2n) is 5.00. The molecule has 0 aliphatic rings. The van der Waals surface area contributed by atoms with Crippen molar-refractivity contribution in [2.75, 3.05) is 5.88 Å². The van der Waals surface area contributed by atoms with Gasteiger partial charge in [-0.05, 0) is 57.7 Å². The standard InChI is InChI=1S/C14H21ClO.C2H6/c1-14(2,3)16-13-9-7-12(8-10-13)6-4-5-11-15;1-2/h7-10H,4-6,11H2,1-3H3;1-2H3. The number of ether oxygens (including phenoxy) is 1. The Bertz CT molecular complexity index is 298. The van der Waals surface area contributed by atoms with Crippen molar-refractivity contribution in [1.82, 2.24) is 0 Å². The van der Waals surface area contributed by atoms with Crippen LogP contribution in [0.4, 0.5) is 0 Å². The van der Waals surface area contributed by atoms with Crippen LogP contribution < -0.4 is 4.74 Å². The van der Waals surface area contributed by atoms with Gasteiger partial charge in [0, 0.05) is 5.88 Å². The van der Waals surface area contributed by atoms with Crippen molar-refractivity contribution in [3.05, 3.63) is 29.8 Å². The molecular formula is C16H27ClO. The lowest BCUT2D eigenvalue weighted by Crippen LogP contribution is -2.22. The van der Waals surface area contributed by atoms with Crippen LogP contribution in [0.25, 0.3) is 0 Å². The Morgan fingerprint density at radius 2 is 1.56 bits per heavy atom. The highest BCUT2D eigenvalue weighted by molar-refractivity contribution is 6.17. The normalized spacial score (nSPS) is 10.6. The predicted molar refractivity (Wildman–Crippen MR) is 81.8 cm³/mol. The van der Waals surface area contributed by atoms with Gasteiger partial charge < -0.3 is 4.74 Å². The predicted octanol–water partition coefficient (Wildman–Crippen LogP) is 5.45. The number of aryl methyl sites for hydroxylation is 1. The maximum Gasteiger partial charge on any atom is 0.120 e. The third kappa shape index (κ3) is 8.41. The van der Waals surface area contributed by atoms with Crippen LogP contribution in [0.1, 0.15) is 53.0 Å². The molecule has 0 unspecified atom stereocenters. The zero-order valence-electron chi connectivity index (χ0n) is 12.4. The van der Waals surface area contributed by atoms with Crippen LogP contribution in [0.5, 0.6) is 5.75 Å². The van der Waals surface area contributed by atoms with Gasteiger partial charge in [0.25, 0.3) is 0 Å². The fraction of sp³-hybridized carbons (Fsp3) is 0.625. The summed E-state index contributed by atoms with van der Waals surface area (Å²) in [4.78, 5) is 0. The molecule has 0 aliphatic heterocycles. The lowest BCUT2D eigenvalue weighted by molar-refractivity contribution is 0.131. The van der Waals surface area contributed by atoms with Gasteiger partial charge in [-0.1, -0.05) is 26.0 Å². The fourth-order valence-corrected chi connectivity index (χ4v) is 1.69. The van der Waals surface area contributed by atoms with E-state index >= 15 is 0 Å². The molecule has 0 aliphatic carbocycles. The summed E-state index contributed by atoms with van der Waals surface area (Å²) in [6, 6.07) is 8.35. The largest absolute Gasteiger partial charge is 0.488 e. The summed E-state index contributed by atoms with van der Waals surface area (Å²) in [6.45, 7) is 10.2. The quantitative estimate of drug-likeness (QED) is 0.510. The molecule has 104 valence electrons. The van der Waals surface area contributed by atoms with E-state index in [1.54, 1.807) is 0 Å². The second kappa shape index (κ2) is 9.27.